The van der Waals surface area contributed by atoms with Gasteiger partial charge in [0.1, 0.15) is 11.6 Å². The summed E-state index contributed by atoms with van der Waals surface area (Å²) in [7, 11) is 0. The third-order valence-electron chi connectivity index (χ3n) is 3.35. The summed E-state index contributed by atoms with van der Waals surface area (Å²) in [6, 6.07) is 7.27. The van der Waals surface area contributed by atoms with Crippen LogP contribution >= 0.6 is 11.6 Å². The Kier molecular flexibility index (Phi) is 6.14. The number of halogens is 2. The highest BCUT2D eigenvalue weighted by Crippen LogP contribution is 2.26. The predicted octanol–water partition coefficient (Wildman–Crippen LogP) is 2.79. The molecule has 0 saturated carbocycles. The highest BCUT2D eigenvalue weighted by molar-refractivity contribution is 6.31. The Hall–Kier alpha value is -2.15. The first-order chi connectivity index (χ1) is 11.4. The second kappa shape index (κ2) is 8.10. The van der Waals surface area contributed by atoms with Crippen LogP contribution in [0.5, 0.6) is 5.75 Å². The summed E-state index contributed by atoms with van der Waals surface area (Å²) in [5.41, 5.74) is 1.72. The van der Waals surface area contributed by atoms with Crippen LogP contribution < -0.4 is 10.1 Å². The van der Waals surface area contributed by atoms with Crippen molar-refractivity contribution in [3.63, 3.8) is 0 Å². The Balaban J connectivity index is 2.07. The molecule has 0 bridgehead atoms. The average Bonchev–Trinajstić information content (AvgIpc) is 2.56. The maximum absolute atomic E-state index is 13.4. The molecule has 7 heteroatoms. The van der Waals surface area contributed by atoms with E-state index in [1.807, 2.05) is 6.92 Å². The molecular formula is C17H17ClFNO4. The van der Waals surface area contributed by atoms with Gasteiger partial charge in [0, 0.05) is 21.8 Å². The highest BCUT2D eigenvalue weighted by atomic mass is 35.5. The van der Waals surface area contributed by atoms with Crippen molar-refractivity contribution in [2.75, 3.05) is 11.9 Å². The molecule has 0 unspecified atom stereocenters. The van der Waals surface area contributed by atoms with Gasteiger partial charge in [-0.05, 0) is 36.8 Å². The largest absolute Gasteiger partial charge is 0.483 e. The normalized spacial score (nSPS) is 10.5. The van der Waals surface area contributed by atoms with Gasteiger partial charge in [-0.2, -0.15) is 0 Å². The lowest BCUT2D eigenvalue weighted by atomic mass is 10.1. The van der Waals surface area contributed by atoms with E-state index in [1.165, 1.54) is 0 Å². The van der Waals surface area contributed by atoms with Gasteiger partial charge in [-0.3, -0.25) is 4.79 Å². The lowest BCUT2D eigenvalue weighted by molar-refractivity contribution is -0.118. The first kappa shape index (κ1) is 18.2. The summed E-state index contributed by atoms with van der Waals surface area (Å²) < 4.78 is 18.7. The van der Waals surface area contributed by atoms with E-state index in [0.29, 0.717) is 10.7 Å². The van der Waals surface area contributed by atoms with Gasteiger partial charge in [-0.25, -0.2) is 4.39 Å². The molecule has 0 aliphatic carbocycles. The van der Waals surface area contributed by atoms with Crippen LogP contribution in [0.3, 0.4) is 0 Å². The van der Waals surface area contributed by atoms with Crippen LogP contribution in [-0.4, -0.2) is 22.7 Å². The zero-order valence-corrected chi connectivity index (χ0v) is 13.7. The second-order valence-electron chi connectivity index (χ2n) is 5.17. The van der Waals surface area contributed by atoms with E-state index in [0.717, 1.165) is 17.7 Å². The molecule has 24 heavy (non-hydrogen) atoms. The monoisotopic (exact) mass is 353 g/mol. The number of rotatable bonds is 6. The molecule has 0 aliphatic heterocycles. The fourth-order valence-corrected chi connectivity index (χ4v) is 2.32. The van der Waals surface area contributed by atoms with E-state index in [1.54, 1.807) is 18.2 Å². The number of benzene rings is 2. The Morgan fingerprint density at radius 2 is 1.83 bits per heavy atom. The molecule has 0 heterocycles. The van der Waals surface area contributed by atoms with Crippen molar-refractivity contribution in [1.29, 1.82) is 0 Å². The minimum absolute atomic E-state index is 0.0958. The number of amides is 1. The minimum atomic E-state index is -0.603. The van der Waals surface area contributed by atoms with Crippen molar-refractivity contribution in [3.8, 4) is 5.75 Å². The lowest BCUT2D eigenvalue weighted by Gasteiger charge is -2.14. The highest BCUT2D eigenvalue weighted by Gasteiger charge is 2.14. The van der Waals surface area contributed by atoms with Crippen molar-refractivity contribution in [3.05, 3.63) is 57.9 Å². The molecule has 5 nitrogen and oxygen atoms in total. The van der Waals surface area contributed by atoms with E-state index >= 15 is 0 Å². The van der Waals surface area contributed by atoms with Crippen LogP contribution in [0.1, 0.15) is 16.7 Å². The Morgan fingerprint density at radius 1 is 1.21 bits per heavy atom. The van der Waals surface area contributed by atoms with Gasteiger partial charge in [0.05, 0.1) is 13.2 Å². The summed E-state index contributed by atoms with van der Waals surface area (Å²) in [6.07, 6.45) is 0. The molecule has 0 radical (unpaired) electrons. The number of aliphatic hydroxyl groups is 2. The number of hydrogen-bond acceptors (Lipinski definition) is 4. The summed E-state index contributed by atoms with van der Waals surface area (Å²) in [6.45, 7) is 0.528. The number of ether oxygens (including phenoxy) is 1. The number of carbonyl (C=O) groups excluding carboxylic acids is 1. The minimum Gasteiger partial charge on any atom is -0.483 e. The fourth-order valence-electron chi connectivity index (χ4n) is 2.14. The number of carbonyl (C=O) groups is 1. The Bertz CT molecular complexity index is 726. The zero-order chi connectivity index (χ0) is 17.7. The van der Waals surface area contributed by atoms with Gasteiger partial charge < -0.3 is 20.3 Å². The smallest absolute Gasteiger partial charge is 0.262 e. The van der Waals surface area contributed by atoms with E-state index < -0.39 is 24.9 Å². The van der Waals surface area contributed by atoms with Gasteiger partial charge in [-0.15, -0.1) is 0 Å². The summed E-state index contributed by atoms with van der Waals surface area (Å²) in [5, 5.41) is 21.7. The SMILES string of the molecule is Cc1ccc(NC(=O)COc2c(CO)cc(F)cc2CO)cc1Cl. The molecule has 0 aromatic heterocycles. The number of aliphatic hydroxyl groups excluding tert-OH is 2. The zero-order valence-electron chi connectivity index (χ0n) is 13.0. The van der Waals surface area contributed by atoms with Crippen LogP contribution in [-0.2, 0) is 18.0 Å². The van der Waals surface area contributed by atoms with E-state index in [2.05, 4.69) is 5.32 Å². The second-order valence-corrected chi connectivity index (χ2v) is 5.58. The first-order valence-corrected chi connectivity index (χ1v) is 7.54. The molecule has 0 atom stereocenters. The number of aryl methyl sites for hydroxylation is 1. The van der Waals surface area contributed by atoms with Crippen LogP contribution in [0.25, 0.3) is 0 Å². The molecule has 2 rings (SSSR count). The molecule has 3 N–H and O–H groups in total. The van der Waals surface area contributed by atoms with Crippen LogP contribution in [0.2, 0.25) is 5.02 Å². The molecule has 1 amide bonds. The standard InChI is InChI=1S/C17H17ClFNO4/c1-10-2-3-14(6-15(10)18)20-16(23)9-24-17-11(7-21)4-13(19)5-12(17)8-22/h2-6,21-22H,7-9H2,1H3,(H,20,23). The number of nitrogens with one attached hydrogen (secondary N) is 1. The molecular weight excluding hydrogens is 337 g/mol. The van der Waals surface area contributed by atoms with E-state index in [9.17, 15) is 19.4 Å². The van der Waals surface area contributed by atoms with E-state index in [4.69, 9.17) is 16.3 Å². The van der Waals surface area contributed by atoms with Crippen LogP contribution in [0, 0.1) is 12.7 Å². The van der Waals surface area contributed by atoms with Crippen molar-refractivity contribution in [2.24, 2.45) is 0 Å². The lowest BCUT2D eigenvalue weighted by Crippen LogP contribution is -2.21. The molecule has 2 aromatic rings. The number of anilines is 1. The topological polar surface area (TPSA) is 78.8 Å². The van der Waals surface area contributed by atoms with Gasteiger partial charge in [0.15, 0.2) is 6.61 Å². The van der Waals surface area contributed by atoms with Crippen LogP contribution in [0.15, 0.2) is 30.3 Å². The molecule has 0 spiro atoms. The van der Waals surface area contributed by atoms with Crippen molar-refractivity contribution in [2.45, 2.75) is 20.1 Å². The fraction of sp³-hybridized carbons (Fsp3) is 0.235. The predicted molar refractivity (Wildman–Crippen MR) is 88.6 cm³/mol. The van der Waals surface area contributed by atoms with Crippen molar-refractivity contribution < 1.29 is 24.1 Å². The van der Waals surface area contributed by atoms with E-state index in [-0.39, 0.29) is 23.5 Å². The molecule has 0 saturated heterocycles. The molecule has 0 fully saturated rings. The van der Waals surface area contributed by atoms with Gasteiger partial charge >= 0.3 is 0 Å². The van der Waals surface area contributed by atoms with Gasteiger partial charge in [-0.1, -0.05) is 17.7 Å². The maximum Gasteiger partial charge on any atom is 0.262 e. The van der Waals surface area contributed by atoms with Crippen molar-refractivity contribution >= 4 is 23.2 Å². The summed E-state index contributed by atoms with van der Waals surface area (Å²) in [5.74, 6) is -0.959. The number of hydrogen-bond donors (Lipinski definition) is 3. The third-order valence-corrected chi connectivity index (χ3v) is 3.76. The summed E-state index contributed by atoms with van der Waals surface area (Å²) in [4.78, 5) is 12.0. The quantitative estimate of drug-likeness (QED) is 0.746. The maximum atomic E-state index is 13.4. The first-order valence-electron chi connectivity index (χ1n) is 7.16. The van der Waals surface area contributed by atoms with Gasteiger partial charge in [0.2, 0.25) is 0 Å². The Morgan fingerprint density at radius 3 is 2.38 bits per heavy atom. The Labute approximate surface area is 143 Å². The summed E-state index contributed by atoms with van der Waals surface area (Å²) >= 11 is 5.99. The third kappa shape index (κ3) is 4.44. The van der Waals surface area contributed by atoms with Crippen LogP contribution in [0.4, 0.5) is 10.1 Å². The molecule has 0 aliphatic rings. The molecule has 2 aromatic carbocycles. The van der Waals surface area contributed by atoms with Gasteiger partial charge in [0.25, 0.3) is 5.91 Å². The molecule has 128 valence electrons. The average molecular weight is 354 g/mol. The van der Waals surface area contributed by atoms with Crippen molar-refractivity contribution in [1.82, 2.24) is 0 Å².